The number of urea groups is 1. The molecule has 0 aromatic heterocycles. The number of rotatable bonds is 8. The van der Waals surface area contributed by atoms with E-state index in [2.05, 4.69) is 5.32 Å². The molecule has 1 aliphatic rings. The number of ether oxygens (including phenoxy) is 2. The van der Waals surface area contributed by atoms with Gasteiger partial charge in [-0.3, -0.25) is 4.79 Å². The van der Waals surface area contributed by atoms with Crippen LogP contribution >= 0.6 is 11.8 Å². The summed E-state index contributed by atoms with van der Waals surface area (Å²) in [6, 6.07) is 5.56. The van der Waals surface area contributed by atoms with E-state index in [9.17, 15) is 9.59 Å². The molecule has 0 spiro atoms. The maximum atomic E-state index is 12.5. The minimum Gasteiger partial charge on any atom is -0.497 e. The third-order valence-electron chi connectivity index (χ3n) is 4.36. The van der Waals surface area contributed by atoms with Gasteiger partial charge in [0.25, 0.3) is 0 Å². The fourth-order valence-corrected chi connectivity index (χ4v) is 4.19. The van der Waals surface area contributed by atoms with Crippen molar-refractivity contribution in [3.63, 3.8) is 0 Å². The zero-order valence-corrected chi connectivity index (χ0v) is 17.5. The van der Waals surface area contributed by atoms with Gasteiger partial charge < -0.3 is 24.6 Å². The Labute approximate surface area is 165 Å². The van der Waals surface area contributed by atoms with Crippen LogP contribution in [0, 0.1) is 0 Å². The van der Waals surface area contributed by atoms with Crippen LogP contribution < -0.4 is 14.8 Å². The van der Waals surface area contributed by atoms with E-state index in [-0.39, 0.29) is 23.4 Å². The van der Waals surface area contributed by atoms with Crippen molar-refractivity contribution >= 4 is 23.7 Å². The van der Waals surface area contributed by atoms with Crippen molar-refractivity contribution in [2.75, 3.05) is 39.6 Å². The fourth-order valence-electron chi connectivity index (χ4n) is 2.96. The summed E-state index contributed by atoms with van der Waals surface area (Å²) in [7, 11) is 3.23. The number of methoxy groups -OCH3 is 2. The lowest BCUT2D eigenvalue weighted by Gasteiger charge is -2.29. The Kier molecular flexibility index (Phi) is 7.65. The Bertz CT molecular complexity index is 668. The highest BCUT2D eigenvalue weighted by atomic mass is 32.2. The fraction of sp³-hybridized carbons (Fsp3) is 0.579. The van der Waals surface area contributed by atoms with E-state index in [4.69, 9.17) is 9.47 Å². The summed E-state index contributed by atoms with van der Waals surface area (Å²) in [6.07, 6.45) is 0. The Balaban J connectivity index is 2.15. The van der Waals surface area contributed by atoms with Crippen LogP contribution in [0.4, 0.5) is 4.79 Å². The second-order valence-electron chi connectivity index (χ2n) is 6.54. The summed E-state index contributed by atoms with van der Waals surface area (Å²) >= 11 is 1.56. The Hall–Kier alpha value is -2.09. The molecule has 0 aliphatic carbocycles. The lowest BCUT2D eigenvalue weighted by Crippen LogP contribution is -2.46. The molecule has 7 nitrogen and oxygen atoms in total. The van der Waals surface area contributed by atoms with Crippen LogP contribution in [0.1, 0.15) is 31.7 Å². The number of likely N-dealkylation sites (N-methyl/N-ethyl adjacent to an activating group) is 1. The molecule has 2 rings (SSSR count). The summed E-state index contributed by atoms with van der Waals surface area (Å²) < 4.78 is 10.8. The molecule has 27 heavy (non-hydrogen) atoms. The van der Waals surface area contributed by atoms with Crippen LogP contribution in [0.25, 0.3) is 0 Å². The first-order valence-corrected chi connectivity index (χ1v) is 10.1. The summed E-state index contributed by atoms with van der Waals surface area (Å²) in [4.78, 5) is 28.3. The molecule has 1 atom stereocenters. The van der Waals surface area contributed by atoms with E-state index < -0.39 is 0 Å². The summed E-state index contributed by atoms with van der Waals surface area (Å²) in [5.74, 6) is 1.92. The van der Waals surface area contributed by atoms with Gasteiger partial charge in [0, 0.05) is 31.2 Å². The van der Waals surface area contributed by atoms with Gasteiger partial charge in [-0.2, -0.15) is 0 Å². The predicted octanol–water partition coefficient (Wildman–Crippen LogP) is 2.72. The number of benzene rings is 1. The van der Waals surface area contributed by atoms with Gasteiger partial charge in [0.05, 0.1) is 20.0 Å². The Morgan fingerprint density at radius 2 is 2.11 bits per heavy atom. The minimum absolute atomic E-state index is 0.0650. The molecule has 1 aliphatic heterocycles. The number of nitrogens with zero attached hydrogens (tertiary/aromatic N) is 2. The van der Waals surface area contributed by atoms with Crippen LogP contribution in [0.15, 0.2) is 18.2 Å². The first-order chi connectivity index (χ1) is 12.9. The van der Waals surface area contributed by atoms with Crippen LogP contribution in [0.3, 0.4) is 0 Å². The van der Waals surface area contributed by atoms with Crippen molar-refractivity contribution in [3.05, 3.63) is 23.8 Å². The molecule has 0 bridgehead atoms. The molecule has 8 heteroatoms. The molecule has 1 heterocycles. The largest absolute Gasteiger partial charge is 0.497 e. The molecule has 1 N–H and O–H groups in total. The lowest BCUT2D eigenvalue weighted by atomic mass is 10.1. The Morgan fingerprint density at radius 1 is 1.37 bits per heavy atom. The van der Waals surface area contributed by atoms with Gasteiger partial charge in [-0.1, -0.05) is 0 Å². The molecular weight excluding hydrogens is 366 g/mol. The Morgan fingerprint density at radius 3 is 2.70 bits per heavy atom. The van der Waals surface area contributed by atoms with Gasteiger partial charge in [0.1, 0.15) is 16.9 Å². The summed E-state index contributed by atoms with van der Waals surface area (Å²) in [6.45, 7) is 7.32. The molecular formula is C19H29N3O4S. The highest BCUT2D eigenvalue weighted by molar-refractivity contribution is 8.00. The highest BCUT2D eigenvalue weighted by Gasteiger charge is 2.35. The number of hydrogen-bond donors (Lipinski definition) is 1. The summed E-state index contributed by atoms with van der Waals surface area (Å²) in [5, 5.41) is 2.74. The zero-order valence-electron chi connectivity index (χ0n) is 16.7. The van der Waals surface area contributed by atoms with Crippen molar-refractivity contribution in [2.24, 2.45) is 0 Å². The van der Waals surface area contributed by atoms with E-state index in [1.54, 1.807) is 30.9 Å². The summed E-state index contributed by atoms with van der Waals surface area (Å²) in [5.41, 5.74) is 0.905. The van der Waals surface area contributed by atoms with Crippen LogP contribution in [0.2, 0.25) is 0 Å². The first kappa shape index (κ1) is 21.2. The normalized spacial score (nSPS) is 16.6. The zero-order chi connectivity index (χ0) is 20.0. The first-order valence-electron chi connectivity index (χ1n) is 9.09. The maximum absolute atomic E-state index is 12.5. The topological polar surface area (TPSA) is 71.1 Å². The van der Waals surface area contributed by atoms with Crippen molar-refractivity contribution in [1.82, 2.24) is 15.1 Å². The van der Waals surface area contributed by atoms with Gasteiger partial charge in [0.2, 0.25) is 5.91 Å². The van der Waals surface area contributed by atoms with Crippen LogP contribution in [0.5, 0.6) is 11.5 Å². The van der Waals surface area contributed by atoms with E-state index in [0.717, 1.165) is 17.1 Å². The monoisotopic (exact) mass is 395 g/mol. The average Bonchev–Trinajstić information content (AvgIpc) is 3.01. The highest BCUT2D eigenvalue weighted by Crippen LogP contribution is 2.43. The van der Waals surface area contributed by atoms with Gasteiger partial charge in [-0.15, -0.1) is 11.8 Å². The third kappa shape index (κ3) is 5.22. The molecule has 1 aromatic carbocycles. The number of hydrogen-bond acceptors (Lipinski definition) is 5. The van der Waals surface area contributed by atoms with E-state index in [1.807, 2.05) is 43.9 Å². The molecule has 1 aromatic rings. The average molecular weight is 396 g/mol. The molecule has 1 saturated heterocycles. The second kappa shape index (κ2) is 9.73. The van der Waals surface area contributed by atoms with Gasteiger partial charge in [0.15, 0.2) is 0 Å². The van der Waals surface area contributed by atoms with Gasteiger partial charge in [-0.05, 0) is 39.0 Å². The number of thioether (sulfide) groups is 1. The molecule has 1 fully saturated rings. The number of amides is 3. The third-order valence-corrected chi connectivity index (χ3v) is 5.60. The number of carbonyl (C=O) groups excluding carboxylic acids is 2. The molecule has 0 radical (unpaired) electrons. The van der Waals surface area contributed by atoms with Crippen molar-refractivity contribution in [1.29, 1.82) is 0 Å². The smallest absolute Gasteiger partial charge is 0.317 e. The van der Waals surface area contributed by atoms with Crippen molar-refractivity contribution in [2.45, 2.75) is 32.2 Å². The van der Waals surface area contributed by atoms with Crippen LogP contribution in [-0.2, 0) is 4.79 Å². The molecule has 0 unspecified atom stereocenters. The maximum Gasteiger partial charge on any atom is 0.317 e. The predicted molar refractivity (Wildman–Crippen MR) is 107 cm³/mol. The quantitative estimate of drug-likeness (QED) is 0.733. The second-order valence-corrected chi connectivity index (χ2v) is 7.61. The van der Waals surface area contributed by atoms with E-state index in [1.165, 1.54) is 0 Å². The molecule has 3 amide bonds. The number of nitrogens with one attached hydrogen (secondary N) is 1. The van der Waals surface area contributed by atoms with Crippen LogP contribution in [-0.4, -0.2) is 67.4 Å². The number of carbonyl (C=O) groups is 2. The van der Waals surface area contributed by atoms with E-state index in [0.29, 0.717) is 25.4 Å². The molecule has 0 saturated carbocycles. The SMILES string of the molecule is CCN(CCN1C(=O)CS[C@@H]1c1cc(OC)ccc1OC)C(=O)NC(C)C. The van der Waals surface area contributed by atoms with Crippen molar-refractivity contribution < 1.29 is 19.1 Å². The molecule has 150 valence electrons. The van der Waals surface area contributed by atoms with Gasteiger partial charge >= 0.3 is 6.03 Å². The van der Waals surface area contributed by atoms with E-state index >= 15 is 0 Å². The lowest BCUT2D eigenvalue weighted by molar-refractivity contribution is -0.128. The standard InChI is InChI=1S/C19H29N3O4S/c1-6-21(19(24)20-13(2)3)9-10-22-17(23)12-27-18(22)15-11-14(25-4)7-8-16(15)26-5/h7-8,11,13,18H,6,9-10,12H2,1-5H3,(H,20,24)/t18-/m1/s1. The minimum atomic E-state index is -0.158. The van der Waals surface area contributed by atoms with Crippen molar-refractivity contribution in [3.8, 4) is 11.5 Å². The van der Waals surface area contributed by atoms with Gasteiger partial charge in [-0.25, -0.2) is 4.79 Å².